The van der Waals surface area contributed by atoms with Crippen molar-refractivity contribution < 1.29 is 90.1 Å². The molecule has 0 bridgehead atoms. The van der Waals surface area contributed by atoms with Gasteiger partial charge in [0.1, 0.15) is 38.0 Å². The van der Waals surface area contributed by atoms with Crippen molar-refractivity contribution in [3.05, 3.63) is 282 Å². The second-order valence-electron chi connectivity index (χ2n) is 19.7. The molecule has 1 unspecified atom stereocenters. The Hall–Kier alpha value is -9.02. The van der Waals surface area contributed by atoms with E-state index in [9.17, 15) is 33.6 Å². The molecule has 2 fully saturated rings. The largest absolute Gasteiger partial charge is 0.648 e. The summed E-state index contributed by atoms with van der Waals surface area (Å²) in [6.07, 6.45) is -16.4. The minimum atomic E-state index is -5.19. The van der Waals surface area contributed by atoms with Gasteiger partial charge in [-0.2, -0.15) is 4.52 Å². The third-order valence-electron chi connectivity index (χ3n) is 13.7. The molecule has 19 nitrogen and oxygen atoms in total. The highest BCUT2D eigenvalue weighted by Gasteiger charge is 2.57. The lowest BCUT2D eigenvalue weighted by Crippen LogP contribution is -2.63. The number of rotatable bonds is 22. The number of carbonyl (C=O) groups excluding carboxylic acids is 7. The van der Waals surface area contributed by atoms with E-state index in [2.05, 4.69) is 0 Å². The van der Waals surface area contributed by atoms with E-state index in [-0.39, 0.29) is 38.9 Å². The summed E-state index contributed by atoms with van der Waals surface area (Å²) < 4.78 is 68.3. The summed E-state index contributed by atoms with van der Waals surface area (Å²) in [5.74, 6) is -6.68. The Morgan fingerprint density at radius 1 is 0.360 bits per heavy atom. The maximum atomic E-state index is 15.3. The average Bonchev–Trinajstić information content (AvgIpc) is 0.873. The Kier molecular flexibility index (Phi) is 21.4. The Balaban J connectivity index is 1.03. The normalized spacial score (nSPS) is 21.9. The fourth-order valence-electron chi connectivity index (χ4n) is 9.37. The summed E-state index contributed by atoms with van der Waals surface area (Å²) in [7, 11) is -5.19. The average molecular weight is 1260 g/mol. The standard InChI is InChI=1S/C67H55O19PS2/c68-59(43-25-9-1-10-26-43)76-41-51-53(80-60(69)44-27-11-2-12-28-44)55(82-62(71)46-31-15-4-16-32-46)57(84-64(73)48-35-19-6-20-36-48)66(78-51)86-87(75,88)77-42-52-54(81-61(70)45-29-13-3-14-30-45)56(83-63(72)47-33-17-5-18-34-47)58(85-65(74)49-37-21-7-22-38-49)67(79-52)89-50-39-23-8-24-40-50/h1-40,51-58,66-67H,41-42H2,(H,75,88)/p-1/t51-,52-,53-,54-,55+,56+,57-,58-,66-,67+,87?/m1/s1. The zero-order valence-corrected chi connectivity index (χ0v) is 49.3. The van der Waals surface area contributed by atoms with Crippen molar-refractivity contribution in [3.63, 3.8) is 0 Å². The molecule has 2 saturated heterocycles. The van der Waals surface area contributed by atoms with Crippen molar-refractivity contribution in [2.24, 2.45) is 0 Å². The minimum absolute atomic E-state index is 0.00869. The molecule has 0 N–H and O–H groups in total. The number of ether oxygens (including phenoxy) is 9. The van der Waals surface area contributed by atoms with Crippen LogP contribution in [0.25, 0.3) is 0 Å². The maximum Gasteiger partial charge on any atom is 0.338 e. The van der Waals surface area contributed by atoms with E-state index in [0.717, 1.165) is 11.8 Å². The number of esters is 7. The van der Waals surface area contributed by atoms with Gasteiger partial charge < -0.3 is 59.8 Å². The van der Waals surface area contributed by atoms with Gasteiger partial charge in [0.05, 0.1) is 38.9 Å². The van der Waals surface area contributed by atoms with E-state index in [4.69, 9.17) is 63.9 Å². The van der Waals surface area contributed by atoms with E-state index in [1.54, 1.807) is 158 Å². The van der Waals surface area contributed by atoms with E-state index in [0.29, 0.717) is 4.90 Å². The Morgan fingerprint density at radius 2 is 0.640 bits per heavy atom. The van der Waals surface area contributed by atoms with E-state index in [1.165, 1.54) is 84.9 Å². The second kappa shape index (κ2) is 30.3. The molecular weight excluding hydrogens is 1200 g/mol. The quantitative estimate of drug-likeness (QED) is 0.0265. The van der Waals surface area contributed by atoms with Crippen LogP contribution in [0.2, 0.25) is 0 Å². The summed E-state index contributed by atoms with van der Waals surface area (Å²) in [4.78, 5) is 115. The van der Waals surface area contributed by atoms with Crippen molar-refractivity contribution in [2.75, 3.05) is 13.2 Å². The van der Waals surface area contributed by atoms with Crippen molar-refractivity contribution >= 4 is 72.9 Å². The Labute approximate surface area is 520 Å². The second-order valence-corrected chi connectivity index (χ2v) is 23.6. The highest BCUT2D eigenvalue weighted by atomic mass is 32.7. The lowest BCUT2D eigenvalue weighted by molar-refractivity contribution is -0.298. The zero-order valence-electron chi connectivity index (χ0n) is 46.8. The Bertz CT molecular complexity index is 3660. The first kappa shape index (κ1) is 63.0. The molecule has 0 spiro atoms. The number of hydrogen-bond donors (Lipinski definition) is 0. The first-order chi connectivity index (χ1) is 43.3. The summed E-state index contributed by atoms with van der Waals surface area (Å²) in [6.45, 7) is -1.69. The van der Waals surface area contributed by atoms with Crippen LogP contribution < -0.4 is 4.89 Å². The SMILES string of the molecule is O=C(OC[C@H]1O[C@H](O[P+]([O-])([S-])OC[C@H]2O[C@@H](Sc3ccccc3)[C@H](OC(=O)c3ccccc3)[C@@H](OC(=O)c3ccccc3)[C@@H]2OC(=O)c2ccccc2)[C@H](OC(=O)c2ccccc2)[C@@H](OC(=O)c2ccccc2)[C@@H]1OC(=O)c1ccccc1)c1ccccc1. The molecule has 11 atom stereocenters. The molecule has 10 rings (SSSR count). The maximum absolute atomic E-state index is 15.3. The smallest absolute Gasteiger partial charge is 0.338 e. The number of hydrogen-bond acceptors (Lipinski definition) is 21. The highest BCUT2D eigenvalue weighted by Crippen LogP contribution is 2.54. The zero-order chi connectivity index (χ0) is 62.1. The van der Waals surface area contributed by atoms with Gasteiger partial charge in [-0.05, 0) is 97.1 Å². The molecule has 0 amide bonds. The summed E-state index contributed by atoms with van der Waals surface area (Å²) >= 11 is 6.69. The van der Waals surface area contributed by atoms with Gasteiger partial charge in [-0.3, -0.25) is 0 Å². The molecule has 0 aromatic heterocycles. The van der Waals surface area contributed by atoms with Crippen LogP contribution in [0.1, 0.15) is 72.5 Å². The van der Waals surface area contributed by atoms with Gasteiger partial charge >= 0.3 is 41.8 Å². The first-order valence-corrected chi connectivity index (χ1v) is 31.2. The fraction of sp³-hybridized carbons (Fsp3) is 0.179. The molecule has 0 saturated carbocycles. The molecule has 22 heteroatoms. The molecule has 89 heavy (non-hydrogen) atoms. The predicted molar refractivity (Wildman–Crippen MR) is 322 cm³/mol. The number of thioether (sulfide) groups is 1. The lowest BCUT2D eigenvalue weighted by atomic mass is 9.97. The topological polar surface area (TPSA) is 244 Å². The van der Waals surface area contributed by atoms with Crippen molar-refractivity contribution in [1.29, 1.82) is 0 Å². The summed E-state index contributed by atoms with van der Waals surface area (Å²) in [5.41, 5.74) is -1.01. The lowest BCUT2D eigenvalue weighted by Gasteiger charge is -2.47. The van der Waals surface area contributed by atoms with E-state index in [1.807, 2.05) is 0 Å². The fourth-order valence-corrected chi connectivity index (χ4v) is 11.8. The van der Waals surface area contributed by atoms with Crippen LogP contribution in [0.3, 0.4) is 0 Å². The molecular formula is C67H54O19PS2-. The third-order valence-corrected chi connectivity index (χ3v) is 16.4. The molecule has 8 aromatic carbocycles. The Morgan fingerprint density at radius 3 is 1.00 bits per heavy atom. The van der Waals surface area contributed by atoms with Crippen molar-refractivity contribution in [1.82, 2.24) is 0 Å². The molecule has 2 heterocycles. The van der Waals surface area contributed by atoms with Crippen molar-refractivity contribution in [2.45, 2.75) is 65.5 Å². The summed E-state index contributed by atoms with van der Waals surface area (Å²) in [6, 6.07) is 63.1. The van der Waals surface area contributed by atoms with Gasteiger partial charge in [0.25, 0.3) is 0 Å². The molecule has 8 aromatic rings. The minimum Gasteiger partial charge on any atom is -0.648 e. The van der Waals surface area contributed by atoms with Gasteiger partial charge in [-0.25, -0.2) is 38.1 Å². The molecule has 2 aliphatic heterocycles. The monoisotopic (exact) mass is 1260 g/mol. The van der Waals surface area contributed by atoms with Crippen molar-refractivity contribution in [3.8, 4) is 0 Å². The van der Waals surface area contributed by atoms with Crippen LogP contribution in [0.15, 0.2) is 248 Å². The van der Waals surface area contributed by atoms with Crippen LogP contribution in [0.5, 0.6) is 0 Å². The van der Waals surface area contributed by atoms with Gasteiger partial charge in [0, 0.05) is 4.90 Å². The molecule has 0 aliphatic carbocycles. The predicted octanol–water partition coefficient (Wildman–Crippen LogP) is 10.1. The highest BCUT2D eigenvalue weighted by molar-refractivity contribution is 8.34. The number of benzene rings is 8. The van der Waals surface area contributed by atoms with Crippen LogP contribution in [0.4, 0.5) is 0 Å². The van der Waals surface area contributed by atoms with Gasteiger partial charge in [-0.1, -0.05) is 157 Å². The van der Waals surface area contributed by atoms with Crippen LogP contribution in [0, 0.1) is 0 Å². The van der Waals surface area contributed by atoms with Gasteiger partial charge in [0.15, 0.2) is 36.6 Å². The van der Waals surface area contributed by atoms with Crippen LogP contribution in [-0.4, -0.2) is 116 Å². The van der Waals surface area contributed by atoms with Crippen LogP contribution in [-0.2, 0) is 63.9 Å². The van der Waals surface area contributed by atoms with Gasteiger partial charge in [0.2, 0.25) is 6.29 Å². The molecule has 2 aliphatic rings. The molecule has 0 radical (unpaired) electrons. The third kappa shape index (κ3) is 16.8. The first-order valence-electron chi connectivity index (χ1n) is 27.7. The van der Waals surface area contributed by atoms with E-state index < -0.39 is 123 Å². The van der Waals surface area contributed by atoms with E-state index >= 15 is 4.89 Å². The van der Waals surface area contributed by atoms with Gasteiger partial charge in [-0.15, -0.1) is 0 Å². The van der Waals surface area contributed by atoms with Crippen LogP contribution >= 0.6 is 18.9 Å². The molecule has 454 valence electrons. The summed E-state index contributed by atoms with van der Waals surface area (Å²) in [5, 5.41) is 0. The number of carbonyl (C=O) groups is 7.